The first-order chi connectivity index (χ1) is 26.1. The topological polar surface area (TPSA) is 247 Å². The molecule has 3 aliphatic rings. The summed E-state index contributed by atoms with van der Waals surface area (Å²) in [6, 6.07) is 4.51. The molecule has 310 valence electrons. The number of amidine groups is 1. The van der Waals surface area contributed by atoms with Gasteiger partial charge in [-0.3, -0.25) is 0 Å². The van der Waals surface area contributed by atoms with Gasteiger partial charge in [-0.05, 0) is 81.0 Å². The van der Waals surface area contributed by atoms with E-state index < -0.39 is 72.6 Å². The van der Waals surface area contributed by atoms with Crippen molar-refractivity contribution in [1.82, 2.24) is 4.90 Å². The van der Waals surface area contributed by atoms with E-state index >= 15 is 0 Å². The summed E-state index contributed by atoms with van der Waals surface area (Å²) in [4.78, 5) is 4.93. The van der Waals surface area contributed by atoms with E-state index in [4.69, 9.17) is 16.6 Å². The van der Waals surface area contributed by atoms with Crippen molar-refractivity contribution in [2.24, 2.45) is 10.4 Å². The number of nitrogens with zero attached hydrogens (tertiary/aromatic N) is 3. The Balaban J connectivity index is 0.00000413. The molecule has 0 spiro atoms. The van der Waals surface area contributed by atoms with Gasteiger partial charge in [0.25, 0.3) is 0 Å². The Hall–Kier alpha value is -0.0500. The van der Waals surface area contributed by atoms with Crippen molar-refractivity contribution in [3.63, 3.8) is 0 Å². The van der Waals surface area contributed by atoms with Crippen LogP contribution in [0.4, 0.5) is 5.69 Å². The second-order valence-electron chi connectivity index (χ2n) is 14.7. The van der Waals surface area contributed by atoms with Crippen LogP contribution in [0.15, 0.2) is 96.4 Å². The van der Waals surface area contributed by atoms with E-state index in [9.17, 15) is 51.9 Å². The molecule has 24 heteroatoms. The smallest absolute Gasteiger partial charge is 0.748 e. The van der Waals surface area contributed by atoms with Crippen LogP contribution < -0.4 is 88.7 Å². The van der Waals surface area contributed by atoms with Gasteiger partial charge < -0.3 is 23.1 Å². The first-order valence-corrected chi connectivity index (χ1v) is 24.5. The van der Waals surface area contributed by atoms with Crippen LogP contribution in [-0.2, 0) is 45.9 Å². The van der Waals surface area contributed by atoms with E-state index in [2.05, 4.69) is 15.9 Å². The fourth-order valence-electron chi connectivity index (χ4n) is 7.21. The van der Waals surface area contributed by atoms with Crippen molar-refractivity contribution in [3.8, 4) is 0 Å². The van der Waals surface area contributed by atoms with Gasteiger partial charge in [0, 0.05) is 69.2 Å². The van der Waals surface area contributed by atoms with Crippen molar-refractivity contribution >= 4 is 96.0 Å². The Kier molecular flexibility index (Phi) is 19.7. The van der Waals surface area contributed by atoms with Gasteiger partial charge in [0.15, 0.2) is 5.71 Å². The normalized spacial score (nSPS) is 18.4. The summed E-state index contributed by atoms with van der Waals surface area (Å²) in [5.41, 5.74) is 1.41. The molecule has 60 heavy (non-hydrogen) atoms. The summed E-state index contributed by atoms with van der Waals surface area (Å²) in [6.07, 6.45) is 11.4. The maximum atomic E-state index is 12.3. The third-order valence-electron chi connectivity index (χ3n) is 9.94. The Labute approximate surface area is 431 Å². The summed E-state index contributed by atoms with van der Waals surface area (Å²) in [5.74, 6) is -0.435. The van der Waals surface area contributed by atoms with Crippen LogP contribution in [0.5, 0.6) is 0 Å². The molecule has 2 aromatic carbocycles. The number of allylic oxidation sites excluding steroid dienone is 8. The molecule has 0 radical (unpaired) electrons. The van der Waals surface area contributed by atoms with E-state index in [0.29, 0.717) is 57.0 Å². The van der Waals surface area contributed by atoms with Crippen molar-refractivity contribution in [1.29, 1.82) is 0 Å². The summed E-state index contributed by atoms with van der Waals surface area (Å²) in [5, 5.41) is 0.424. The van der Waals surface area contributed by atoms with Crippen LogP contribution in [0, 0.1) is 5.41 Å². The van der Waals surface area contributed by atoms with Gasteiger partial charge in [-0.25, -0.2) is 38.7 Å². The van der Waals surface area contributed by atoms with Crippen LogP contribution in [0.25, 0.3) is 10.8 Å². The van der Waals surface area contributed by atoms with E-state index in [1.54, 1.807) is 50.4 Å². The van der Waals surface area contributed by atoms with Gasteiger partial charge in [0.2, 0.25) is 5.69 Å². The van der Waals surface area contributed by atoms with E-state index in [1.165, 1.54) is 6.07 Å². The molecule has 0 saturated carbocycles. The van der Waals surface area contributed by atoms with Crippen LogP contribution in [-0.4, -0.2) is 97.5 Å². The number of halogens is 2. The molecule has 15 nitrogen and oxygen atoms in total. The minimum atomic E-state index is -5.24. The Bertz CT molecular complexity index is 2730. The van der Waals surface area contributed by atoms with Crippen LogP contribution in [0.1, 0.15) is 58.9 Å². The van der Waals surface area contributed by atoms with Gasteiger partial charge in [-0.2, -0.15) is 4.58 Å². The molecule has 0 saturated heterocycles. The monoisotopic (exact) mass is 1010 g/mol. The summed E-state index contributed by atoms with van der Waals surface area (Å²) in [7, 11) is -19.3. The average Bonchev–Trinajstić information content (AvgIpc) is 3.45. The zero-order chi connectivity index (χ0) is 42.5. The molecule has 0 unspecified atom stereocenters. The van der Waals surface area contributed by atoms with Gasteiger partial charge in [0.05, 0.1) is 46.2 Å². The molecule has 3 heterocycles. The molecular weight excluding hydrogens is 979 g/mol. The largest absolute Gasteiger partial charge is 1.00 e. The third kappa shape index (κ3) is 13.3. The van der Waals surface area contributed by atoms with E-state index in [-0.39, 0.29) is 125 Å². The summed E-state index contributed by atoms with van der Waals surface area (Å²) < 4.78 is 143. The van der Waals surface area contributed by atoms with Crippen molar-refractivity contribution in [2.75, 3.05) is 24.6 Å². The Morgan fingerprint density at radius 2 is 1.43 bits per heavy atom. The van der Waals surface area contributed by atoms with Gasteiger partial charge in [0.1, 0.15) is 32.6 Å². The molecule has 3 aliphatic heterocycles. The van der Waals surface area contributed by atoms with Crippen LogP contribution in [0.3, 0.4) is 0 Å². The number of benzene rings is 2. The number of unbranched alkanes of at least 4 members (excludes halogenated alkanes) is 2. The maximum absolute atomic E-state index is 12.3. The molecular formula is C36H38BrClN3Na3O12S4. The summed E-state index contributed by atoms with van der Waals surface area (Å²) in [6.45, 7) is 8.08. The zero-order valence-corrected chi connectivity index (χ0v) is 45.7. The maximum Gasteiger partial charge on any atom is 1.00 e. The predicted octanol–water partition coefficient (Wildman–Crippen LogP) is -3.83. The number of aliphatic imine (C=N–C) groups is 1. The van der Waals surface area contributed by atoms with Gasteiger partial charge in [-0.15, -0.1) is 0 Å². The predicted molar refractivity (Wildman–Crippen MR) is 214 cm³/mol. The standard InChI is InChI=1S/C36H41BrClN3O12S4.3Na/c1-35(2)28-19-24(38)22-40(15-5-7-17-54(42,43)44)34(28)39-31(35)13-9-23(37)10-14-32-36(3,4)33-27-20-25(56(48,49)50)21-30(57(51,52)53)26(27)11-12-29(33)41(32)16-6-8-18-55(45,46)47;;;/h9-14,19-22H,5-8,15-18H2,1-4H3,(H3-,42,43,44,45,46,47,48,49,50,51,52,53);;;/q;3*+1/p-3. The SMILES string of the molecule is CC1(C)C2=CC(Cl)=CN(CCCCS(=O)(=O)[O-])C2=N/C1=C/C=C(Br)/C=C/C1=[N+](CCCCS(=O)(=O)[O-])c2ccc3c(S(=O)(=O)[O-])cc(S(=O)(=O)[O-])cc3c2C1(C)C.[Na+].[Na+].[Na+]. The van der Waals surface area contributed by atoms with Gasteiger partial charge >= 0.3 is 88.7 Å². The number of hydrogen-bond donors (Lipinski definition) is 0. The fourth-order valence-corrected chi connectivity index (χ4v) is 10.1. The molecule has 2 aromatic rings. The van der Waals surface area contributed by atoms with Crippen LogP contribution >= 0.6 is 27.5 Å². The quantitative estimate of drug-likeness (QED) is 0.0547. The molecule has 0 amide bonds. The minimum Gasteiger partial charge on any atom is -0.748 e. The number of hydrogen-bond acceptors (Lipinski definition) is 14. The third-order valence-corrected chi connectivity index (χ3v) is 13.9. The Morgan fingerprint density at radius 1 is 0.833 bits per heavy atom. The fraction of sp³-hybridized carbons (Fsp3) is 0.389. The van der Waals surface area contributed by atoms with Gasteiger partial charge in [-0.1, -0.05) is 41.4 Å². The molecule has 0 bridgehead atoms. The first kappa shape index (κ1) is 56.1. The van der Waals surface area contributed by atoms with Crippen LogP contribution in [0.2, 0.25) is 0 Å². The molecule has 0 atom stereocenters. The number of fused-ring (bicyclic) bond motifs is 4. The average molecular weight is 1020 g/mol. The van der Waals surface area contributed by atoms with E-state index in [0.717, 1.165) is 11.6 Å². The van der Waals surface area contributed by atoms with Crippen molar-refractivity contribution in [2.45, 2.75) is 68.6 Å². The molecule has 0 N–H and O–H groups in total. The Morgan fingerprint density at radius 3 is 2.00 bits per heavy atom. The number of rotatable bonds is 15. The van der Waals surface area contributed by atoms with Crippen molar-refractivity contribution in [3.05, 3.63) is 87.2 Å². The second-order valence-corrected chi connectivity index (χ2v) is 21.9. The summed E-state index contributed by atoms with van der Waals surface area (Å²) >= 11 is 10.0. The zero-order valence-electron chi connectivity index (χ0n) is 34.1. The first-order valence-electron chi connectivity index (χ1n) is 17.4. The molecule has 0 aromatic heterocycles. The molecule has 0 aliphatic carbocycles. The van der Waals surface area contributed by atoms with Crippen molar-refractivity contribution < 1.29 is 145 Å². The second kappa shape index (κ2) is 21.1. The minimum absolute atomic E-state index is 0. The van der Waals surface area contributed by atoms with E-state index in [1.807, 2.05) is 29.4 Å². The molecule has 0 fully saturated rings. The molecule has 5 rings (SSSR count).